The Morgan fingerprint density at radius 1 is 0.413 bits per heavy atom. The van der Waals surface area contributed by atoms with E-state index in [4.69, 9.17) is 18.9 Å². The molecule has 0 aliphatic heterocycles. The molecule has 428 valence electrons. The van der Waals surface area contributed by atoms with Crippen molar-refractivity contribution in [1.29, 1.82) is 0 Å². The Balaban J connectivity index is 4.33. The third-order valence-electron chi connectivity index (χ3n) is 12.5. The van der Waals surface area contributed by atoms with Gasteiger partial charge in [-0.25, -0.2) is 0 Å². The van der Waals surface area contributed by atoms with Crippen LogP contribution in [-0.4, -0.2) is 82.3 Å². The lowest BCUT2D eigenvalue weighted by Crippen LogP contribution is -2.44. The fourth-order valence-corrected chi connectivity index (χ4v) is 7.94. The van der Waals surface area contributed by atoms with Gasteiger partial charge in [-0.3, -0.25) is 9.59 Å². The van der Waals surface area contributed by atoms with Crippen molar-refractivity contribution < 1.29 is 42.9 Å². The summed E-state index contributed by atoms with van der Waals surface area (Å²) in [4.78, 5) is 37.3. The molecule has 0 bridgehead atoms. The van der Waals surface area contributed by atoms with Gasteiger partial charge >= 0.3 is 11.9 Å². The van der Waals surface area contributed by atoms with Crippen LogP contribution in [0.4, 0.5) is 0 Å². The number of ether oxygens (including phenoxy) is 4. The average molecular weight is 1050 g/mol. The molecule has 0 aromatic rings. The van der Waals surface area contributed by atoms with Crippen LogP contribution in [-0.2, 0) is 33.3 Å². The number of likely N-dealkylation sites (N-methyl/N-ethyl adjacent to an activating group) is 1. The maximum atomic E-state index is 12.9. The van der Waals surface area contributed by atoms with Crippen molar-refractivity contribution >= 4 is 17.9 Å². The topological polar surface area (TPSA) is 111 Å². The van der Waals surface area contributed by atoms with E-state index in [1.807, 2.05) is 21.1 Å². The Labute approximate surface area is 460 Å². The number of hydrogen-bond donors (Lipinski definition) is 0. The summed E-state index contributed by atoms with van der Waals surface area (Å²) < 4.78 is 22.7. The van der Waals surface area contributed by atoms with Gasteiger partial charge in [-0.05, 0) is 83.5 Å². The summed E-state index contributed by atoms with van der Waals surface area (Å²) in [6.45, 7) is 4.60. The maximum Gasteiger partial charge on any atom is 0.306 e. The lowest BCUT2D eigenvalue weighted by molar-refractivity contribution is -0.870. The molecule has 75 heavy (non-hydrogen) atoms. The average Bonchev–Trinajstić information content (AvgIpc) is 3.38. The van der Waals surface area contributed by atoms with E-state index in [0.717, 1.165) is 96.3 Å². The monoisotopic (exact) mass is 1050 g/mol. The number of unbranched alkanes of at least 4 members (excludes halogenated alkanes) is 21. The largest absolute Gasteiger partial charge is 0.545 e. The van der Waals surface area contributed by atoms with E-state index in [0.29, 0.717) is 17.4 Å². The first kappa shape index (κ1) is 71.0. The fourth-order valence-electron chi connectivity index (χ4n) is 7.94. The molecule has 0 N–H and O–H groups in total. The van der Waals surface area contributed by atoms with Crippen LogP contribution in [0.2, 0.25) is 0 Å². The zero-order valence-corrected chi connectivity index (χ0v) is 48.6. The van der Waals surface area contributed by atoms with E-state index in [-0.39, 0.29) is 38.6 Å². The summed E-state index contributed by atoms with van der Waals surface area (Å²) in [5.74, 6) is -2.33. The number of rotatable bonds is 54. The van der Waals surface area contributed by atoms with Crippen molar-refractivity contribution in [2.45, 2.75) is 245 Å². The predicted octanol–water partition coefficient (Wildman–Crippen LogP) is 16.6. The van der Waals surface area contributed by atoms with Crippen LogP contribution in [0, 0.1) is 0 Å². The van der Waals surface area contributed by atoms with Crippen LogP contribution in [0.15, 0.2) is 109 Å². The summed E-state index contributed by atoms with van der Waals surface area (Å²) >= 11 is 0. The molecule has 0 spiro atoms. The number of quaternary nitrogens is 1. The molecule has 0 fully saturated rings. The van der Waals surface area contributed by atoms with Crippen molar-refractivity contribution in [3.05, 3.63) is 109 Å². The predicted molar refractivity (Wildman–Crippen MR) is 315 cm³/mol. The van der Waals surface area contributed by atoms with Crippen LogP contribution in [0.5, 0.6) is 0 Å². The van der Waals surface area contributed by atoms with Gasteiger partial charge in [0.25, 0.3) is 0 Å². The van der Waals surface area contributed by atoms with Crippen LogP contribution in [0.1, 0.15) is 232 Å². The summed E-state index contributed by atoms with van der Waals surface area (Å²) in [5.41, 5.74) is 0. The zero-order valence-electron chi connectivity index (χ0n) is 48.6. The van der Waals surface area contributed by atoms with Gasteiger partial charge in [0, 0.05) is 12.8 Å². The van der Waals surface area contributed by atoms with Crippen molar-refractivity contribution in [1.82, 2.24) is 0 Å². The number of carboxylic acid groups (broad SMARTS) is 1. The highest BCUT2D eigenvalue weighted by molar-refractivity contribution is 5.70. The van der Waals surface area contributed by atoms with Crippen LogP contribution in [0.25, 0.3) is 0 Å². The number of carboxylic acids is 1. The highest BCUT2D eigenvalue weighted by Crippen LogP contribution is 2.16. The first-order valence-electron chi connectivity index (χ1n) is 30.0. The Morgan fingerprint density at radius 2 is 0.760 bits per heavy atom. The molecule has 0 saturated carbocycles. The first-order valence-corrected chi connectivity index (χ1v) is 30.0. The molecule has 0 aliphatic rings. The summed E-state index contributed by atoms with van der Waals surface area (Å²) in [6.07, 6.45) is 74.2. The molecule has 9 nitrogen and oxygen atoms in total. The van der Waals surface area contributed by atoms with Gasteiger partial charge in [0.2, 0.25) is 0 Å². The van der Waals surface area contributed by atoms with Crippen molar-refractivity contribution in [3.8, 4) is 0 Å². The van der Waals surface area contributed by atoms with E-state index < -0.39 is 24.3 Å². The minimum Gasteiger partial charge on any atom is -0.545 e. The molecule has 9 heteroatoms. The molecule has 0 saturated heterocycles. The van der Waals surface area contributed by atoms with Gasteiger partial charge in [0.15, 0.2) is 12.4 Å². The lowest BCUT2D eigenvalue weighted by atomic mass is 10.0. The third-order valence-corrected chi connectivity index (χ3v) is 12.5. The van der Waals surface area contributed by atoms with Crippen LogP contribution >= 0.6 is 0 Å². The van der Waals surface area contributed by atoms with E-state index in [2.05, 4.69) is 123 Å². The minimum atomic E-state index is -1.64. The number of esters is 2. The molecule has 2 unspecified atom stereocenters. The third kappa shape index (κ3) is 57.5. The van der Waals surface area contributed by atoms with Gasteiger partial charge in [-0.15, -0.1) is 0 Å². The van der Waals surface area contributed by atoms with E-state index in [9.17, 15) is 19.5 Å². The second kappa shape index (κ2) is 56.2. The Kier molecular flexibility index (Phi) is 53.1. The highest BCUT2D eigenvalue weighted by atomic mass is 16.7. The summed E-state index contributed by atoms with van der Waals surface area (Å²) in [7, 11) is 5.90. The molecule has 0 radical (unpaired) electrons. The summed E-state index contributed by atoms with van der Waals surface area (Å²) in [5, 5.41) is 11.8. The normalized spacial score (nSPS) is 13.6. The molecular weight excluding hydrogens is 935 g/mol. The quantitative estimate of drug-likeness (QED) is 0.0195. The second-order valence-electron chi connectivity index (χ2n) is 20.9. The molecule has 2 atom stereocenters. The SMILES string of the molecule is CC/C=C\C/C=C\C/C=C\C/C=C\C/C=C\C/C=C\C/C=C\C/C=C\C/C=C\CCCCCC(=O)OC(COC(=O)CCCCCCCCCCCCCCCCCCCCC)COC(OCC[N+](C)(C)C)C(=O)[O-]. The van der Waals surface area contributed by atoms with Crippen molar-refractivity contribution in [2.75, 3.05) is 47.5 Å². The molecule has 0 amide bonds. The number of aliphatic carboxylic acids is 1. The number of nitrogens with zero attached hydrogens (tertiary/aromatic N) is 1. The molecule has 0 heterocycles. The molecule has 0 aromatic carbocycles. The van der Waals surface area contributed by atoms with Gasteiger partial charge in [0.05, 0.1) is 40.3 Å². The first-order chi connectivity index (χ1) is 36.6. The van der Waals surface area contributed by atoms with Crippen LogP contribution in [0.3, 0.4) is 0 Å². The van der Waals surface area contributed by atoms with Crippen LogP contribution < -0.4 is 5.11 Å². The zero-order chi connectivity index (χ0) is 54.8. The Hall–Kier alpha value is -4.05. The molecule has 0 aliphatic carbocycles. The van der Waals surface area contributed by atoms with Gasteiger partial charge in [-0.1, -0.05) is 245 Å². The maximum absolute atomic E-state index is 12.9. The van der Waals surface area contributed by atoms with Gasteiger partial charge < -0.3 is 33.3 Å². The number of allylic oxidation sites excluding steroid dienone is 18. The number of carbonyl (C=O) groups is 3. The standard InChI is InChI=1S/C66H111NO8/c1-6-8-10-12-14-16-18-20-22-24-26-27-28-29-30-31-32-33-34-35-36-37-39-41-43-45-47-49-51-53-55-57-64(69)75-62(61-74-66(65(70)71)72-59-58-67(3,4)5)60-73-63(68)56-54-52-50-48-46-44-42-40-38-25-23-21-19-17-15-13-11-9-7-2/h8,10,14,16,20,22,26-27,29-30,32-33,35-36,39,41,45,47,62,66H,6-7,9,11-13,15,17-19,21,23-25,28,31,34,37-38,40,42-44,46,48-61H2,1-5H3/b10-8-,16-14-,22-20-,27-26-,30-29-,33-32-,36-35-,41-39-,47-45-. The van der Waals surface area contributed by atoms with Gasteiger partial charge in [0.1, 0.15) is 13.2 Å². The fraction of sp³-hybridized carbons (Fsp3) is 0.682. The lowest BCUT2D eigenvalue weighted by Gasteiger charge is -2.26. The molecule has 0 aromatic heterocycles. The van der Waals surface area contributed by atoms with Gasteiger partial charge in [-0.2, -0.15) is 0 Å². The number of hydrogen-bond acceptors (Lipinski definition) is 8. The van der Waals surface area contributed by atoms with Crippen molar-refractivity contribution in [3.63, 3.8) is 0 Å². The minimum absolute atomic E-state index is 0.136. The molecular formula is C66H111NO8. The second-order valence-corrected chi connectivity index (χ2v) is 20.9. The van der Waals surface area contributed by atoms with E-state index in [1.165, 1.54) is 103 Å². The Bertz CT molecular complexity index is 1590. The molecule has 0 rings (SSSR count). The summed E-state index contributed by atoms with van der Waals surface area (Å²) in [6, 6.07) is 0. The smallest absolute Gasteiger partial charge is 0.306 e. The van der Waals surface area contributed by atoms with E-state index >= 15 is 0 Å². The number of carbonyl (C=O) groups excluding carboxylic acids is 3. The Morgan fingerprint density at radius 3 is 1.13 bits per heavy atom. The highest BCUT2D eigenvalue weighted by Gasteiger charge is 2.22. The van der Waals surface area contributed by atoms with Crippen molar-refractivity contribution in [2.24, 2.45) is 0 Å². The van der Waals surface area contributed by atoms with E-state index in [1.54, 1.807) is 0 Å².